The summed E-state index contributed by atoms with van der Waals surface area (Å²) < 4.78 is 5.81. The predicted octanol–water partition coefficient (Wildman–Crippen LogP) is 4.02. The summed E-state index contributed by atoms with van der Waals surface area (Å²) in [5.41, 5.74) is -0.518. The van der Waals surface area contributed by atoms with Crippen molar-refractivity contribution in [2.24, 2.45) is 5.41 Å². The minimum atomic E-state index is -0.287. The fourth-order valence-corrected chi connectivity index (χ4v) is 2.16. The molecule has 0 aromatic rings. The Morgan fingerprint density at radius 2 is 2.18 bits per heavy atom. The lowest BCUT2D eigenvalue weighted by Gasteiger charge is -2.23. The van der Waals surface area contributed by atoms with Gasteiger partial charge in [-0.1, -0.05) is 13.0 Å². The van der Waals surface area contributed by atoms with Gasteiger partial charge in [0.2, 0.25) is 0 Å². The second-order valence-corrected chi connectivity index (χ2v) is 6.10. The second-order valence-electron chi connectivity index (χ2n) is 6.10. The molecule has 17 heavy (non-hydrogen) atoms. The van der Waals surface area contributed by atoms with E-state index in [9.17, 15) is 4.79 Å². The van der Waals surface area contributed by atoms with Crippen LogP contribution in [-0.4, -0.2) is 11.4 Å². The van der Waals surface area contributed by atoms with E-state index in [-0.39, 0.29) is 16.8 Å². The van der Waals surface area contributed by atoms with Crippen molar-refractivity contribution in [1.82, 2.24) is 0 Å². The highest BCUT2D eigenvalue weighted by atomic mass is 16.5. The molecule has 0 heterocycles. The SMILES string of the molecule is C=CC[C@]1(C)CCCC(OC(C)(C)C)=CC1=O. The molecule has 0 bridgehead atoms. The average molecular weight is 236 g/mol. The Kier molecular flexibility index (Phi) is 4.18. The molecular weight excluding hydrogens is 212 g/mol. The zero-order valence-electron chi connectivity index (χ0n) is 11.5. The van der Waals surface area contributed by atoms with Gasteiger partial charge in [-0.15, -0.1) is 6.58 Å². The van der Waals surface area contributed by atoms with Gasteiger partial charge >= 0.3 is 0 Å². The summed E-state index contributed by atoms with van der Waals surface area (Å²) >= 11 is 0. The summed E-state index contributed by atoms with van der Waals surface area (Å²) in [5.74, 6) is 1.00. The Labute approximate surface area is 105 Å². The Bertz CT molecular complexity index is 333. The number of ether oxygens (including phenoxy) is 1. The van der Waals surface area contributed by atoms with Crippen LogP contribution in [0.2, 0.25) is 0 Å². The van der Waals surface area contributed by atoms with E-state index in [1.807, 2.05) is 33.8 Å². The predicted molar refractivity (Wildman–Crippen MR) is 70.7 cm³/mol. The third-order valence-electron chi connectivity index (χ3n) is 3.07. The lowest BCUT2D eigenvalue weighted by atomic mass is 9.79. The molecule has 0 aliphatic heterocycles. The largest absolute Gasteiger partial charge is 0.492 e. The first-order valence-electron chi connectivity index (χ1n) is 6.32. The molecule has 1 atom stereocenters. The quantitative estimate of drug-likeness (QED) is 0.692. The van der Waals surface area contributed by atoms with Crippen molar-refractivity contribution in [1.29, 1.82) is 0 Å². The van der Waals surface area contributed by atoms with E-state index in [4.69, 9.17) is 4.74 Å². The van der Waals surface area contributed by atoms with E-state index in [2.05, 4.69) is 6.58 Å². The van der Waals surface area contributed by atoms with Crippen molar-refractivity contribution in [2.75, 3.05) is 0 Å². The number of rotatable bonds is 3. The van der Waals surface area contributed by atoms with Crippen molar-refractivity contribution in [3.63, 3.8) is 0 Å². The summed E-state index contributed by atoms with van der Waals surface area (Å²) in [6.45, 7) is 11.8. The number of hydrogen-bond acceptors (Lipinski definition) is 2. The van der Waals surface area contributed by atoms with E-state index in [1.165, 1.54) is 0 Å². The fourth-order valence-electron chi connectivity index (χ4n) is 2.16. The van der Waals surface area contributed by atoms with Gasteiger partial charge in [-0.05, 0) is 40.0 Å². The molecule has 0 aromatic carbocycles. The van der Waals surface area contributed by atoms with E-state index in [0.717, 1.165) is 31.4 Å². The average Bonchev–Trinajstić information content (AvgIpc) is 2.25. The van der Waals surface area contributed by atoms with Gasteiger partial charge in [0, 0.05) is 17.9 Å². The molecule has 2 heteroatoms. The summed E-state index contributed by atoms with van der Waals surface area (Å²) in [5, 5.41) is 0. The van der Waals surface area contributed by atoms with Gasteiger partial charge in [-0.3, -0.25) is 4.79 Å². The van der Waals surface area contributed by atoms with Crippen molar-refractivity contribution in [3.8, 4) is 0 Å². The number of hydrogen-bond donors (Lipinski definition) is 0. The van der Waals surface area contributed by atoms with E-state index < -0.39 is 0 Å². The third-order valence-corrected chi connectivity index (χ3v) is 3.07. The smallest absolute Gasteiger partial charge is 0.165 e. The van der Waals surface area contributed by atoms with Gasteiger partial charge in [0.05, 0.1) is 0 Å². The molecule has 0 fully saturated rings. The van der Waals surface area contributed by atoms with Crippen LogP contribution < -0.4 is 0 Å². The normalized spacial score (nSPS) is 26.1. The van der Waals surface area contributed by atoms with E-state index >= 15 is 0 Å². The molecule has 0 N–H and O–H groups in total. The standard InChI is InChI=1S/C15H24O2/c1-6-9-15(5)10-7-8-12(11-13(15)16)17-14(2,3)4/h6,11H,1,7-10H2,2-5H3/t15-/m1/s1. The summed E-state index contributed by atoms with van der Waals surface area (Å²) in [4.78, 5) is 12.2. The highest BCUT2D eigenvalue weighted by Crippen LogP contribution is 2.35. The maximum Gasteiger partial charge on any atom is 0.165 e. The molecule has 1 aliphatic carbocycles. The van der Waals surface area contributed by atoms with Crippen LogP contribution in [0.3, 0.4) is 0 Å². The number of carbonyl (C=O) groups is 1. The Morgan fingerprint density at radius 3 is 2.71 bits per heavy atom. The lowest BCUT2D eigenvalue weighted by molar-refractivity contribution is -0.123. The van der Waals surface area contributed by atoms with Crippen molar-refractivity contribution in [2.45, 2.75) is 59.0 Å². The highest BCUT2D eigenvalue weighted by Gasteiger charge is 2.33. The molecule has 0 saturated heterocycles. The monoisotopic (exact) mass is 236 g/mol. The van der Waals surface area contributed by atoms with Gasteiger partial charge in [0.25, 0.3) is 0 Å². The van der Waals surface area contributed by atoms with Crippen molar-refractivity contribution >= 4 is 5.78 Å². The molecule has 0 aromatic heterocycles. The van der Waals surface area contributed by atoms with E-state index in [0.29, 0.717) is 0 Å². The van der Waals surface area contributed by atoms with Crippen LogP contribution >= 0.6 is 0 Å². The van der Waals surface area contributed by atoms with Crippen LogP contribution in [-0.2, 0) is 9.53 Å². The minimum absolute atomic E-state index is 0.175. The first kappa shape index (κ1) is 14.0. The van der Waals surface area contributed by atoms with Gasteiger partial charge in [0.1, 0.15) is 11.4 Å². The Morgan fingerprint density at radius 1 is 1.53 bits per heavy atom. The minimum Gasteiger partial charge on any atom is -0.492 e. The molecule has 0 saturated carbocycles. The van der Waals surface area contributed by atoms with Crippen LogP contribution in [0.5, 0.6) is 0 Å². The van der Waals surface area contributed by atoms with Gasteiger partial charge in [-0.25, -0.2) is 0 Å². The number of allylic oxidation sites excluding steroid dienone is 3. The second kappa shape index (κ2) is 5.07. The third kappa shape index (κ3) is 4.03. The first-order chi connectivity index (χ1) is 7.77. The van der Waals surface area contributed by atoms with Crippen LogP contribution in [0.25, 0.3) is 0 Å². The molecule has 0 unspecified atom stereocenters. The molecule has 96 valence electrons. The number of ketones is 1. The molecule has 2 nitrogen and oxygen atoms in total. The van der Waals surface area contributed by atoms with Crippen LogP contribution in [0.1, 0.15) is 53.4 Å². The molecule has 1 rings (SSSR count). The van der Waals surface area contributed by atoms with Crippen LogP contribution in [0.4, 0.5) is 0 Å². The van der Waals surface area contributed by atoms with Crippen molar-refractivity contribution < 1.29 is 9.53 Å². The summed E-state index contributed by atoms with van der Waals surface area (Å²) in [7, 11) is 0. The zero-order valence-corrected chi connectivity index (χ0v) is 11.5. The van der Waals surface area contributed by atoms with Gasteiger partial charge in [-0.2, -0.15) is 0 Å². The van der Waals surface area contributed by atoms with E-state index in [1.54, 1.807) is 6.08 Å². The topological polar surface area (TPSA) is 26.3 Å². The molecule has 1 aliphatic rings. The number of carbonyl (C=O) groups excluding carboxylic acids is 1. The molecular formula is C15H24O2. The summed E-state index contributed by atoms with van der Waals surface area (Å²) in [6, 6.07) is 0. The molecule has 0 spiro atoms. The van der Waals surface area contributed by atoms with Crippen LogP contribution in [0, 0.1) is 5.41 Å². The zero-order chi connectivity index (χ0) is 13.1. The van der Waals surface area contributed by atoms with Crippen molar-refractivity contribution in [3.05, 3.63) is 24.5 Å². The first-order valence-corrected chi connectivity index (χ1v) is 6.32. The maximum atomic E-state index is 12.2. The Hall–Kier alpha value is -1.05. The van der Waals surface area contributed by atoms with Gasteiger partial charge < -0.3 is 4.74 Å². The molecule has 0 amide bonds. The van der Waals surface area contributed by atoms with Crippen LogP contribution in [0.15, 0.2) is 24.5 Å². The summed E-state index contributed by atoms with van der Waals surface area (Å²) in [6.07, 6.45) is 7.04. The maximum absolute atomic E-state index is 12.2. The lowest BCUT2D eigenvalue weighted by Crippen LogP contribution is -2.25. The molecule has 0 radical (unpaired) electrons. The highest BCUT2D eigenvalue weighted by molar-refractivity contribution is 5.95. The Balaban J connectivity index is 2.85. The fraction of sp³-hybridized carbons (Fsp3) is 0.667. The van der Waals surface area contributed by atoms with Gasteiger partial charge in [0.15, 0.2) is 5.78 Å².